The van der Waals surface area contributed by atoms with Gasteiger partial charge < -0.3 is 24.1 Å². The summed E-state index contributed by atoms with van der Waals surface area (Å²) in [4.78, 5) is 25.7. The lowest BCUT2D eigenvalue weighted by Crippen LogP contribution is -2.12. The van der Waals surface area contributed by atoms with Crippen LogP contribution in [0.5, 0.6) is 17.2 Å². The van der Waals surface area contributed by atoms with Gasteiger partial charge in [-0.1, -0.05) is 30.8 Å². The zero-order valence-electron chi connectivity index (χ0n) is 20.0. The van der Waals surface area contributed by atoms with Gasteiger partial charge in [0.2, 0.25) is 5.43 Å². The van der Waals surface area contributed by atoms with E-state index in [-0.39, 0.29) is 34.3 Å². The van der Waals surface area contributed by atoms with Gasteiger partial charge in [-0.3, -0.25) is 9.59 Å². The van der Waals surface area contributed by atoms with E-state index in [1.807, 2.05) is 6.92 Å². The second kappa shape index (κ2) is 10.4. The second-order valence-electron chi connectivity index (χ2n) is 8.55. The number of rotatable bonds is 8. The Balaban J connectivity index is 1.83. The molecule has 1 atom stereocenters. The van der Waals surface area contributed by atoms with Crippen molar-refractivity contribution in [3.8, 4) is 28.4 Å². The Kier molecular flexibility index (Phi) is 7.10. The highest BCUT2D eigenvalue weighted by atomic mass is 16.5. The van der Waals surface area contributed by atoms with Crippen molar-refractivity contribution >= 4 is 16.9 Å². The smallest absolute Gasteiger partial charge is 0.306 e. The summed E-state index contributed by atoms with van der Waals surface area (Å²) in [6, 6.07) is 16.2. The largest absolute Gasteiger partial charge is 0.508 e. The van der Waals surface area contributed by atoms with Crippen LogP contribution in [-0.2, 0) is 9.53 Å². The van der Waals surface area contributed by atoms with Crippen LogP contribution >= 0.6 is 0 Å². The summed E-state index contributed by atoms with van der Waals surface area (Å²) in [7, 11) is 1.29. The minimum atomic E-state index is -0.654. The molecule has 4 rings (SSSR count). The van der Waals surface area contributed by atoms with Crippen molar-refractivity contribution in [3.63, 3.8) is 0 Å². The number of hydrogen-bond acceptors (Lipinski definition) is 7. The molecule has 2 N–H and O–H groups in total. The van der Waals surface area contributed by atoms with Crippen LogP contribution in [0, 0.1) is 0 Å². The lowest BCUT2D eigenvalue weighted by Gasteiger charge is -2.20. The van der Waals surface area contributed by atoms with Crippen molar-refractivity contribution in [1.82, 2.24) is 0 Å². The molecule has 7 nitrogen and oxygen atoms in total. The van der Waals surface area contributed by atoms with Gasteiger partial charge >= 0.3 is 5.97 Å². The summed E-state index contributed by atoms with van der Waals surface area (Å²) in [5.41, 5.74) is 2.66. The first-order valence-corrected chi connectivity index (χ1v) is 11.3. The third kappa shape index (κ3) is 5.10. The van der Waals surface area contributed by atoms with Crippen molar-refractivity contribution in [2.45, 2.75) is 19.3 Å². The van der Waals surface area contributed by atoms with Crippen LogP contribution < -0.4 is 10.2 Å². The fraction of sp³-hybridized carbons (Fsp3) is 0.172. The van der Waals surface area contributed by atoms with Crippen LogP contribution in [0.1, 0.15) is 30.4 Å². The number of ether oxygens (including phenoxy) is 2. The van der Waals surface area contributed by atoms with Gasteiger partial charge in [0.15, 0.2) is 0 Å². The van der Waals surface area contributed by atoms with E-state index in [9.17, 15) is 19.8 Å². The molecule has 1 heterocycles. The monoisotopic (exact) mass is 486 g/mol. The summed E-state index contributed by atoms with van der Waals surface area (Å²) in [6.45, 7) is 6.07. The molecule has 0 aliphatic carbocycles. The first kappa shape index (κ1) is 24.6. The molecular formula is C29H26O7. The molecule has 4 aromatic rings. The third-order valence-corrected chi connectivity index (χ3v) is 5.85. The molecule has 36 heavy (non-hydrogen) atoms. The Bertz CT molecular complexity index is 1470. The molecule has 1 unspecified atom stereocenters. The van der Waals surface area contributed by atoms with E-state index in [2.05, 4.69) is 6.58 Å². The van der Waals surface area contributed by atoms with Gasteiger partial charge in [0.25, 0.3) is 0 Å². The van der Waals surface area contributed by atoms with Crippen LogP contribution in [0.25, 0.3) is 22.1 Å². The molecule has 0 saturated carbocycles. The normalized spacial score (nSPS) is 11.7. The number of carbonyl (C=O) groups excluding carboxylic acids is 1. The maximum absolute atomic E-state index is 13.4. The highest BCUT2D eigenvalue weighted by Gasteiger charge is 2.26. The van der Waals surface area contributed by atoms with Gasteiger partial charge in [0.05, 0.1) is 24.5 Å². The lowest BCUT2D eigenvalue weighted by molar-refractivity contribution is -0.140. The van der Waals surface area contributed by atoms with Gasteiger partial charge in [0, 0.05) is 11.5 Å². The molecule has 0 radical (unpaired) electrons. The number of phenolic OH excluding ortho intramolecular Hbond substituents is 2. The maximum Gasteiger partial charge on any atom is 0.306 e. The number of esters is 1. The van der Waals surface area contributed by atoms with Gasteiger partial charge in [-0.15, -0.1) is 0 Å². The Morgan fingerprint density at radius 2 is 1.72 bits per heavy atom. The van der Waals surface area contributed by atoms with Crippen LogP contribution in [0.4, 0.5) is 0 Å². The molecule has 3 aromatic carbocycles. The Morgan fingerprint density at radius 1 is 1.03 bits per heavy atom. The summed E-state index contributed by atoms with van der Waals surface area (Å²) >= 11 is 0. The van der Waals surface area contributed by atoms with E-state index in [0.717, 1.165) is 5.57 Å². The average molecular weight is 487 g/mol. The third-order valence-electron chi connectivity index (χ3n) is 5.85. The van der Waals surface area contributed by atoms with Crippen molar-refractivity contribution in [3.05, 3.63) is 100 Å². The molecule has 0 fully saturated rings. The van der Waals surface area contributed by atoms with E-state index < -0.39 is 11.9 Å². The van der Waals surface area contributed by atoms with Crippen LogP contribution in [-0.4, -0.2) is 29.9 Å². The number of phenols is 2. The molecule has 7 heteroatoms. The van der Waals surface area contributed by atoms with E-state index in [1.54, 1.807) is 36.4 Å². The predicted octanol–water partition coefficient (Wildman–Crippen LogP) is 5.52. The molecule has 1 aromatic heterocycles. The first-order chi connectivity index (χ1) is 17.3. The van der Waals surface area contributed by atoms with E-state index >= 15 is 0 Å². The minimum Gasteiger partial charge on any atom is -0.508 e. The molecule has 0 bridgehead atoms. The molecule has 0 aliphatic heterocycles. The Labute approximate surface area is 207 Å². The fourth-order valence-corrected chi connectivity index (χ4v) is 4.03. The number of methoxy groups -OCH3 is 1. The first-order valence-electron chi connectivity index (χ1n) is 11.3. The molecule has 0 amide bonds. The van der Waals surface area contributed by atoms with E-state index in [4.69, 9.17) is 13.9 Å². The lowest BCUT2D eigenvalue weighted by atomic mass is 9.86. The number of aromatic hydroxyl groups is 2. The number of hydrogen-bond donors (Lipinski definition) is 2. The predicted molar refractivity (Wildman–Crippen MR) is 136 cm³/mol. The van der Waals surface area contributed by atoms with Crippen LogP contribution in [0.2, 0.25) is 0 Å². The van der Waals surface area contributed by atoms with E-state index in [0.29, 0.717) is 34.6 Å². The summed E-state index contributed by atoms with van der Waals surface area (Å²) in [5, 5.41) is 20.7. The number of carbonyl (C=O) groups is 1. The minimum absolute atomic E-state index is 0.0813. The Hall–Kier alpha value is -4.52. The standard InChI is InChI=1S/C29H26O7/c1-17(2)15-35-21-10-6-18(7-11-21)23(14-26(32)34-3)27-25(31)13-12-22-28(33)24(16-36-29(22)27)19-4-8-20(30)9-5-19/h4-13,16,23,30-31H,1,14-15H2,2-3H3. The van der Waals surface area contributed by atoms with Gasteiger partial charge in [-0.05, 0) is 60.0 Å². The van der Waals surface area contributed by atoms with Gasteiger partial charge in [-0.2, -0.15) is 0 Å². The average Bonchev–Trinajstić information content (AvgIpc) is 2.87. The molecular weight excluding hydrogens is 460 g/mol. The van der Waals surface area contributed by atoms with Crippen LogP contribution in [0.15, 0.2) is 88.3 Å². The maximum atomic E-state index is 13.4. The highest BCUT2D eigenvalue weighted by molar-refractivity contribution is 5.87. The Morgan fingerprint density at radius 3 is 2.36 bits per heavy atom. The van der Waals surface area contributed by atoms with E-state index in [1.165, 1.54) is 37.6 Å². The molecule has 184 valence electrons. The zero-order valence-corrected chi connectivity index (χ0v) is 20.0. The van der Waals surface area contributed by atoms with Gasteiger partial charge in [-0.25, -0.2) is 0 Å². The fourth-order valence-electron chi connectivity index (χ4n) is 4.03. The zero-order chi connectivity index (χ0) is 25.8. The van der Waals surface area contributed by atoms with Crippen molar-refractivity contribution in [2.75, 3.05) is 13.7 Å². The quantitative estimate of drug-likeness (QED) is 0.249. The summed E-state index contributed by atoms with van der Waals surface area (Å²) in [6.07, 6.45) is 1.24. The molecule has 0 spiro atoms. The highest BCUT2D eigenvalue weighted by Crippen LogP contribution is 2.39. The SMILES string of the molecule is C=C(C)COc1ccc(C(CC(=O)OC)c2c(O)ccc3c(=O)c(-c4ccc(O)cc4)coc23)cc1. The summed E-state index contributed by atoms with van der Waals surface area (Å²) in [5.74, 6) is -0.538. The molecule has 0 aliphatic rings. The number of benzene rings is 3. The van der Waals surface area contributed by atoms with Crippen LogP contribution in [0.3, 0.4) is 0 Å². The molecule has 0 saturated heterocycles. The topological polar surface area (TPSA) is 106 Å². The van der Waals surface area contributed by atoms with Crippen molar-refractivity contribution in [1.29, 1.82) is 0 Å². The summed E-state index contributed by atoms with van der Waals surface area (Å²) < 4.78 is 16.5. The second-order valence-corrected chi connectivity index (χ2v) is 8.55. The van der Waals surface area contributed by atoms with Gasteiger partial charge in [0.1, 0.15) is 35.7 Å². The van der Waals surface area contributed by atoms with Crippen molar-refractivity contribution in [2.24, 2.45) is 0 Å². The van der Waals surface area contributed by atoms with Crippen molar-refractivity contribution < 1.29 is 28.9 Å². The number of fused-ring (bicyclic) bond motifs is 1.